The first kappa shape index (κ1) is 14.6. The van der Waals surface area contributed by atoms with E-state index in [0.717, 1.165) is 10.2 Å². The minimum atomic E-state index is -0.199. The van der Waals surface area contributed by atoms with Gasteiger partial charge in [-0.2, -0.15) is 0 Å². The van der Waals surface area contributed by atoms with E-state index in [1.54, 1.807) is 23.1 Å². The number of benzene rings is 2. The van der Waals surface area contributed by atoms with Crippen molar-refractivity contribution in [2.24, 2.45) is 0 Å². The molecule has 1 fully saturated rings. The molecule has 22 heavy (non-hydrogen) atoms. The zero-order chi connectivity index (χ0) is 15.5. The van der Waals surface area contributed by atoms with E-state index >= 15 is 0 Å². The fourth-order valence-electron chi connectivity index (χ4n) is 2.31. The molecule has 2 N–H and O–H groups in total. The van der Waals surface area contributed by atoms with Crippen LogP contribution in [0.3, 0.4) is 0 Å². The van der Waals surface area contributed by atoms with Crippen molar-refractivity contribution in [2.75, 3.05) is 23.3 Å². The highest BCUT2D eigenvalue weighted by Crippen LogP contribution is 2.22. The summed E-state index contributed by atoms with van der Waals surface area (Å²) in [5.74, 6) is -0.199. The first-order valence-corrected chi connectivity index (χ1v) is 7.66. The molecule has 2 aromatic rings. The molecule has 0 radical (unpaired) electrons. The fraction of sp³-hybridized carbons (Fsp3) is 0.125. The van der Waals surface area contributed by atoms with Gasteiger partial charge in [-0.1, -0.05) is 18.2 Å². The summed E-state index contributed by atoms with van der Waals surface area (Å²) in [5.41, 5.74) is 1.98. The number of urea groups is 1. The van der Waals surface area contributed by atoms with Gasteiger partial charge in [-0.3, -0.25) is 9.69 Å². The topological polar surface area (TPSA) is 61.4 Å². The number of nitrogens with one attached hydrogen (secondary N) is 2. The molecule has 5 nitrogen and oxygen atoms in total. The Morgan fingerprint density at radius 1 is 1.18 bits per heavy atom. The molecule has 1 aliphatic heterocycles. The first-order valence-electron chi connectivity index (χ1n) is 6.86. The van der Waals surface area contributed by atoms with Crippen molar-refractivity contribution in [2.45, 2.75) is 0 Å². The number of anilines is 2. The van der Waals surface area contributed by atoms with Crippen molar-refractivity contribution in [3.05, 3.63) is 58.6 Å². The minimum absolute atomic E-state index is 0.116. The molecule has 0 spiro atoms. The second-order valence-electron chi connectivity index (χ2n) is 4.87. The minimum Gasteiger partial charge on any atom is -0.336 e. The zero-order valence-corrected chi connectivity index (χ0v) is 13.3. The average Bonchev–Trinajstić information content (AvgIpc) is 2.94. The number of halogens is 1. The molecule has 6 heteroatoms. The number of amides is 3. The average molecular weight is 360 g/mol. The zero-order valence-electron chi connectivity index (χ0n) is 11.7. The van der Waals surface area contributed by atoms with Crippen LogP contribution in [0.1, 0.15) is 10.4 Å². The van der Waals surface area contributed by atoms with Crippen LogP contribution in [-0.4, -0.2) is 25.0 Å². The van der Waals surface area contributed by atoms with Crippen LogP contribution in [-0.2, 0) is 0 Å². The second kappa shape index (κ2) is 6.19. The lowest BCUT2D eigenvalue weighted by atomic mass is 10.2. The number of hydrogen-bond acceptors (Lipinski definition) is 2. The van der Waals surface area contributed by atoms with Crippen molar-refractivity contribution in [3.8, 4) is 0 Å². The van der Waals surface area contributed by atoms with Crippen LogP contribution in [0.15, 0.2) is 53.0 Å². The summed E-state index contributed by atoms with van der Waals surface area (Å²) >= 11 is 3.36. The summed E-state index contributed by atoms with van der Waals surface area (Å²) in [4.78, 5) is 25.6. The summed E-state index contributed by atoms with van der Waals surface area (Å²) in [5, 5.41) is 5.61. The van der Waals surface area contributed by atoms with E-state index in [9.17, 15) is 9.59 Å². The third kappa shape index (κ3) is 2.96. The molecule has 3 rings (SSSR count). The Morgan fingerprint density at radius 3 is 2.73 bits per heavy atom. The molecule has 1 heterocycles. The van der Waals surface area contributed by atoms with Crippen LogP contribution < -0.4 is 15.5 Å². The van der Waals surface area contributed by atoms with Crippen molar-refractivity contribution in [1.29, 1.82) is 0 Å². The third-order valence-electron chi connectivity index (χ3n) is 3.39. The lowest BCUT2D eigenvalue weighted by molar-refractivity contribution is 0.102. The Balaban J connectivity index is 1.80. The summed E-state index contributed by atoms with van der Waals surface area (Å²) in [6.45, 7) is 1.26. The van der Waals surface area contributed by atoms with Gasteiger partial charge in [-0.15, -0.1) is 0 Å². The lowest BCUT2D eigenvalue weighted by Crippen LogP contribution is -2.27. The first-order chi connectivity index (χ1) is 10.6. The van der Waals surface area contributed by atoms with E-state index in [1.807, 2.05) is 30.3 Å². The molecule has 0 unspecified atom stereocenters. The number of rotatable bonds is 3. The van der Waals surface area contributed by atoms with Gasteiger partial charge in [0, 0.05) is 28.9 Å². The SMILES string of the molecule is O=C(Nc1cccc(N2CCNC2=O)c1)c1ccccc1Br. The maximum atomic E-state index is 12.3. The van der Waals surface area contributed by atoms with Crippen molar-refractivity contribution >= 4 is 39.2 Å². The quantitative estimate of drug-likeness (QED) is 0.883. The Hall–Kier alpha value is -2.34. The molecule has 0 aliphatic carbocycles. The van der Waals surface area contributed by atoms with Crippen LogP contribution in [0.4, 0.5) is 16.2 Å². The van der Waals surface area contributed by atoms with Gasteiger partial charge >= 0.3 is 6.03 Å². The predicted octanol–water partition coefficient (Wildman–Crippen LogP) is 3.23. The highest BCUT2D eigenvalue weighted by Gasteiger charge is 2.21. The van der Waals surface area contributed by atoms with Gasteiger partial charge in [0.1, 0.15) is 0 Å². The second-order valence-corrected chi connectivity index (χ2v) is 5.72. The van der Waals surface area contributed by atoms with E-state index < -0.39 is 0 Å². The molecule has 112 valence electrons. The fourth-order valence-corrected chi connectivity index (χ4v) is 2.78. The summed E-state index contributed by atoms with van der Waals surface area (Å²) in [6.07, 6.45) is 0. The Bertz CT molecular complexity index is 733. The van der Waals surface area contributed by atoms with Crippen LogP contribution in [0.5, 0.6) is 0 Å². The lowest BCUT2D eigenvalue weighted by Gasteiger charge is -2.15. The van der Waals surface area contributed by atoms with E-state index in [-0.39, 0.29) is 11.9 Å². The molecular weight excluding hydrogens is 346 g/mol. The Kier molecular flexibility index (Phi) is 4.11. The molecule has 1 saturated heterocycles. The van der Waals surface area contributed by atoms with Crippen molar-refractivity contribution in [1.82, 2.24) is 5.32 Å². The third-order valence-corrected chi connectivity index (χ3v) is 4.08. The maximum Gasteiger partial charge on any atom is 0.321 e. The standard InChI is InChI=1S/C16H14BrN3O2/c17-14-7-2-1-6-13(14)15(21)19-11-4-3-5-12(10-11)20-9-8-18-16(20)22/h1-7,10H,8-9H2,(H,18,22)(H,19,21). The Morgan fingerprint density at radius 2 is 2.00 bits per heavy atom. The molecule has 0 atom stereocenters. The largest absolute Gasteiger partial charge is 0.336 e. The molecule has 0 saturated carbocycles. The molecular formula is C16H14BrN3O2. The van der Waals surface area contributed by atoms with Gasteiger partial charge in [-0.25, -0.2) is 4.79 Å². The summed E-state index contributed by atoms with van der Waals surface area (Å²) in [7, 11) is 0. The highest BCUT2D eigenvalue weighted by molar-refractivity contribution is 9.10. The Labute approximate surface area is 136 Å². The van der Waals surface area contributed by atoms with E-state index in [4.69, 9.17) is 0 Å². The smallest absolute Gasteiger partial charge is 0.321 e. The molecule has 0 aromatic heterocycles. The number of carbonyl (C=O) groups excluding carboxylic acids is 2. The van der Waals surface area contributed by atoms with Gasteiger partial charge in [0.25, 0.3) is 5.91 Å². The van der Waals surface area contributed by atoms with Crippen LogP contribution >= 0.6 is 15.9 Å². The van der Waals surface area contributed by atoms with Gasteiger partial charge < -0.3 is 10.6 Å². The van der Waals surface area contributed by atoms with E-state index in [1.165, 1.54) is 0 Å². The van der Waals surface area contributed by atoms with Crippen LogP contribution in [0, 0.1) is 0 Å². The van der Waals surface area contributed by atoms with Crippen molar-refractivity contribution < 1.29 is 9.59 Å². The van der Waals surface area contributed by atoms with Crippen LogP contribution in [0.2, 0.25) is 0 Å². The van der Waals surface area contributed by atoms with Crippen LogP contribution in [0.25, 0.3) is 0 Å². The molecule has 0 bridgehead atoms. The number of carbonyl (C=O) groups is 2. The summed E-state index contributed by atoms with van der Waals surface area (Å²) in [6, 6.07) is 14.4. The van der Waals surface area contributed by atoms with Gasteiger partial charge in [0.05, 0.1) is 5.56 Å². The molecule has 1 aliphatic rings. The van der Waals surface area contributed by atoms with Crippen molar-refractivity contribution in [3.63, 3.8) is 0 Å². The van der Waals surface area contributed by atoms with Gasteiger partial charge in [0.15, 0.2) is 0 Å². The van der Waals surface area contributed by atoms with E-state index in [0.29, 0.717) is 24.3 Å². The molecule has 2 aromatic carbocycles. The van der Waals surface area contributed by atoms with Gasteiger partial charge in [0.2, 0.25) is 0 Å². The molecule has 3 amide bonds. The monoisotopic (exact) mass is 359 g/mol. The summed E-state index contributed by atoms with van der Waals surface area (Å²) < 4.78 is 0.738. The number of hydrogen-bond donors (Lipinski definition) is 2. The predicted molar refractivity (Wildman–Crippen MR) is 89.3 cm³/mol. The maximum absolute atomic E-state index is 12.3. The highest BCUT2D eigenvalue weighted by atomic mass is 79.9. The van der Waals surface area contributed by atoms with Gasteiger partial charge in [-0.05, 0) is 46.3 Å². The normalized spacial score (nSPS) is 13.9. The number of nitrogens with zero attached hydrogens (tertiary/aromatic N) is 1. The van der Waals surface area contributed by atoms with E-state index in [2.05, 4.69) is 26.6 Å².